The Bertz CT molecular complexity index is 869. The summed E-state index contributed by atoms with van der Waals surface area (Å²) in [7, 11) is -3.09. The summed E-state index contributed by atoms with van der Waals surface area (Å²) in [6.07, 6.45) is 1.99. The van der Waals surface area contributed by atoms with E-state index < -0.39 is 15.1 Å². The van der Waals surface area contributed by atoms with E-state index in [0.29, 0.717) is 12.0 Å². The van der Waals surface area contributed by atoms with Crippen molar-refractivity contribution >= 4 is 15.7 Å². The first-order valence-electron chi connectivity index (χ1n) is 7.93. The van der Waals surface area contributed by atoms with Crippen molar-refractivity contribution < 1.29 is 13.2 Å². The summed E-state index contributed by atoms with van der Waals surface area (Å²) in [5.41, 5.74) is 3.23. The van der Waals surface area contributed by atoms with Crippen LogP contribution >= 0.6 is 0 Å². The van der Waals surface area contributed by atoms with Gasteiger partial charge in [0.25, 0.3) is 5.91 Å². The van der Waals surface area contributed by atoms with Gasteiger partial charge in [-0.2, -0.15) is 5.10 Å². The number of carbonyl (C=O) groups excluding carboxylic acids is 1. The van der Waals surface area contributed by atoms with Crippen LogP contribution in [0.25, 0.3) is 5.69 Å². The first-order chi connectivity index (χ1) is 11.3. The van der Waals surface area contributed by atoms with Gasteiger partial charge in [-0.15, -0.1) is 0 Å². The number of aromatic nitrogens is 2. The second-order valence-electron chi connectivity index (χ2n) is 6.33. The number of aryl methyl sites for hydroxylation is 1. The Morgan fingerprint density at radius 2 is 1.92 bits per heavy atom. The van der Waals surface area contributed by atoms with Crippen LogP contribution in [0.3, 0.4) is 0 Å². The minimum atomic E-state index is -3.09. The van der Waals surface area contributed by atoms with E-state index in [-0.39, 0.29) is 17.7 Å². The second-order valence-corrected chi connectivity index (χ2v) is 8.81. The Morgan fingerprint density at radius 1 is 1.25 bits per heavy atom. The molecule has 1 aliphatic heterocycles. The number of hydrogen-bond donors (Lipinski definition) is 1. The molecule has 6 nitrogen and oxygen atoms in total. The molecule has 0 bridgehead atoms. The molecule has 1 aromatic carbocycles. The molecule has 7 heteroatoms. The van der Waals surface area contributed by atoms with Gasteiger partial charge >= 0.3 is 0 Å². The predicted octanol–water partition coefficient (Wildman–Crippen LogP) is 1.79. The smallest absolute Gasteiger partial charge is 0.255 e. The molecule has 3 rings (SSSR count). The maximum atomic E-state index is 12.5. The van der Waals surface area contributed by atoms with Gasteiger partial charge in [-0.25, -0.2) is 13.1 Å². The average Bonchev–Trinajstić information content (AvgIpc) is 3.03. The van der Waals surface area contributed by atoms with E-state index in [1.165, 1.54) is 6.20 Å². The Hall–Kier alpha value is -2.15. The van der Waals surface area contributed by atoms with Crippen molar-refractivity contribution in [3.63, 3.8) is 0 Å². The lowest BCUT2D eigenvalue weighted by molar-refractivity contribution is 0.0936. The van der Waals surface area contributed by atoms with Gasteiger partial charge in [-0.05, 0) is 39.3 Å². The van der Waals surface area contributed by atoms with Crippen molar-refractivity contribution in [2.75, 3.05) is 5.75 Å². The number of rotatable bonds is 3. The lowest BCUT2D eigenvalue weighted by Gasteiger charge is -2.16. The molecular formula is C17H21N3O3S. The maximum absolute atomic E-state index is 12.5. The van der Waals surface area contributed by atoms with E-state index in [0.717, 1.165) is 16.9 Å². The van der Waals surface area contributed by atoms with Crippen LogP contribution in [0.15, 0.2) is 30.5 Å². The zero-order valence-electron chi connectivity index (χ0n) is 14.0. The molecule has 0 saturated carbocycles. The summed E-state index contributed by atoms with van der Waals surface area (Å²) in [5, 5.41) is 6.59. The van der Waals surface area contributed by atoms with Gasteiger partial charge in [0.1, 0.15) is 0 Å². The highest BCUT2D eigenvalue weighted by Gasteiger charge is 2.37. The van der Waals surface area contributed by atoms with Gasteiger partial charge in [0.05, 0.1) is 34.1 Å². The lowest BCUT2D eigenvalue weighted by atomic mass is 10.1. The molecule has 0 aliphatic carbocycles. The molecule has 1 amide bonds. The normalized spacial score (nSPS) is 22.5. The van der Waals surface area contributed by atoms with Crippen LogP contribution in [-0.4, -0.2) is 41.2 Å². The number of nitrogens with zero attached hydrogens (tertiary/aromatic N) is 2. The molecule has 0 radical (unpaired) electrons. The van der Waals surface area contributed by atoms with Gasteiger partial charge in [0.2, 0.25) is 0 Å². The highest BCUT2D eigenvalue weighted by Crippen LogP contribution is 2.21. The number of carbonyl (C=O) groups is 1. The molecule has 2 atom stereocenters. The van der Waals surface area contributed by atoms with E-state index in [1.807, 2.05) is 38.1 Å². The highest BCUT2D eigenvalue weighted by atomic mass is 32.2. The van der Waals surface area contributed by atoms with Crippen molar-refractivity contribution in [3.05, 3.63) is 47.3 Å². The molecule has 0 spiro atoms. The lowest BCUT2D eigenvalue weighted by Crippen LogP contribution is -2.40. The molecule has 2 heterocycles. The van der Waals surface area contributed by atoms with Gasteiger partial charge in [-0.1, -0.05) is 17.7 Å². The highest BCUT2D eigenvalue weighted by molar-refractivity contribution is 7.92. The molecule has 0 unspecified atom stereocenters. The fourth-order valence-electron chi connectivity index (χ4n) is 2.98. The van der Waals surface area contributed by atoms with Crippen LogP contribution in [0.2, 0.25) is 0 Å². The van der Waals surface area contributed by atoms with E-state index in [4.69, 9.17) is 0 Å². The van der Waals surface area contributed by atoms with Crippen molar-refractivity contribution in [2.24, 2.45) is 0 Å². The largest absolute Gasteiger partial charge is 0.348 e. The second kappa shape index (κ2) is 6.05. The third kappa shape index (κ3) is 2.96. The van der Waals surface area contributed by atoms with E-state index in [2.05, 4.69) is 10.4 Å². The maximum Gasteiger partial charge on any atom is 0.255 e. The Balaban J connectivity index is 1.81. The van der Waals surface area contributed by atoms with E-state index in [9.17, 15) is 13.2 Å². The van der Waals surface area contributed by atoms with Gasteiger partial charge < -0.3 is 5.32 Å². The standard InChI is InChI=1S/C17H21N3O3S/c1-11-4-6-14(7-5-11)20-12(2)15(10-18-20)17(21)19-16-8-9-24(22,23)13(16)3/h4-7,10,13,16H,8-9H2,1-3H3,(H,19,21)/t13-,16-/m0/s1. The summed E-state index contributed by atoms with van der Waals surface area (Å²) in [6, 6.07) is 7.53. The monoisotopic (exact) mass is 347 g/mol. The molecule has 1 fully saturated rings. The molecular weight excluding hydrogens is 326 g/mol. The zero-order chi connectivity index (χ0) is 17.5. The third-order valence-corrected chi connectivity index (χ3v) is 6.96. The van der Waals surface area contributed by atoms with Crippen LogP contribution in [0.5, 0.6) is 0 Å². The van der Waals surface area contributed by atoms with Crippen LogP contribution in [0, 0.1) is 13.8 Å². The first kappa shape index (κ1) is 16.7. The summed E-state index contributed by atoms with van der Waals surface area (Å²) in [6.45, 7) is 5.49. The fourth-order valence-corrected chi connectivity index (χ4v) is 4.64. The first-order valence-corrected chi connectivity index (χ1v) is 9.65. The van der Waals surface area contributed by atoms with Crippen molar-refractivity contribution in [3.8, 4) is 5.69 Å². The van der Waals surface area contributed by atoms with E-state index >= 15 is 0 Å². The molecule has 128 valence electrons. The molecule has 1 N–H and O–H groups in total. The summed E-state index contributed by atoms with van der Waals surface area (Å²) < 4.78 is 25.3. The fraction of sp³-hybridized carbons (Fsp3) is 0.412. The van der Waals surface area contributed by atoms with Crippen molar-refractivity contribution in [1.29, 1.82) is 0 Å². The molecule has 1 aromatic heterocycles. The van der Waals surface area contributed by atoms with Crippen LogP contribution < -0.4 is 5.32 Å². The third-order valence-electron chi connectivity index (χ3n) is 4.70. The molecule has 2 aromatic rings. The number of sulfone groups is 1. The molecule has 1 saturated heterocycles. The SMILES string of the molecule is Cc1ccc(-n2ncc(C(=O)N[C@H]3CCS(=O)(=O)[C@H]3C)c2C)cc1. The predicted molar refractivity (Wildman–Crippen MR) is 92.2 cm³/mol. The van der Waals surface area contributed by atoms with Gasteiger partial charge in [0, 0.05) is 6.04 Å². The molecule has 1 aliphatic rings. The quantitative estimate of drug-likeness (QED) is 0.918. The number of hydrogen-bond acceptors (Lipinski definition) is 4. The number of nitrogens with one attached hydrogen (secondary N) is 1. The minimum Gasteiger partial charge on any atom is -0.348 e. The summed E-state index contributed by atoms with van der Waals surface area (Å²) >= 11 is 0. The molecule has 24 heavy (non-hydrogen) atoms. The number of amides is 1. The average molecular weight is 347 g/mol. The Kier molecular flexibility index (Phi) is 4.21. The topological polar surface area (TPSA) is 81.1 Å². The van der Waals surface area contributed by atoms with Crippen molar-refractivity contribution in [2.45, 2.75) is 38.5 Å². The minimum absolute atomic E-state index is 0.126. The zero-order valence-corrected chi connectivity index (χ0v) is 14.8. The summed E-state index contributed by atoms with van der Waals surface area (Å²) in [5.74, 6) is -0.152. The van der Waals surface area contributed by atoms with Crippen LogP contribution in [-0.2, 0) is 9.84 Å². The Labute approximate surface area is 141 Å². The van der Waals surface area contributed by atoms with Gasteiger partial charge in [0.15, 0.2) is 9.84 Å². The van der Waals surface area contributed by atoms with E-state index in [1.54, 1.807) is 11.6 Å². The number of benzene rings is 1. The van der Waals surface area contributed by atoms with Crippen LogP contribution in [0.4, 0.5) is 0 Å². The van der Waals surface area contributed by atoms with Gasteiger partial charge in [-0.3, -0.25) is 4.79 Å². The van der Waals surface area contributed by atoms with Crippen molar-refractivity contribution in [1.82, 2.24) is 15.1 Å². The van der Waals surface area contributed by atoms with Crippen LogP contribution in [0.1, 0.15) is 35.0 Å². The Morgan fingerprint density at radius 3 is 2.50 bits per heavy atom. The summed E-state index contributed by atoms with van der Waals surface area (Å²) in [4.78, 5) is 12.5.